The monoisotopic (exact) mass is 447 g/mol. The minimum atomic E-state index is -0.504. The van der Waals surface area contributed by atoms with Gasteiger partial charge in [0.15, 0.2) is 11.5 Å². The van der Waals surface area contributed by atoms with Gasteiger partial charge in [-0.15, -0.1) is 0 Å². The van der Waals surface area contributed by atoms with Crippen molar-refractivity contribution in [3.63, 3.8) is 0 Å². The van der Waals surface area contributed by atoms with E-state index in [0.717, 1.165) is 29.9 Å². The molecule has 4 aromatic heterocycles. The second kappa shape index (κ2) is 8.08. The summed E-state index contributed by atoms with van der Waals surface area (Å²) in [4.78, 5) is 28.9. The molecule has 170 valence electrons. The number of nitrogens with one attached hydrogen (secondary N) is 2. The summed E-state index contributed by atoms with van der Waals surface area (Å²) in [7, 11) is 0. The van der Waals surface area contributed by atoms with Crippen LogP contribution in [0.2, 0.25) is 0 Å². The number of nitrogens with zero attached hydrogens (tertiary/aromatic N) is 5. The van der Waals surface area contributed by atoms with Crippen molar-refractivity contribution in [3.8, 4) is 0 Å². The normalized spacial score (nSPS) is 18.8. The number of imidazole rings is 1. The summed E-state index contributed by atoms with van der Waals surface area (Å²) < 4.78 is 16.0. The van der Waals surface area contributed by atoms with Crippen LogP contribution >= 0.6 is 0 Å². The van der Waals surface area contributed by atoms with Crippen LogP contribution in [0.25, 0.3) is 16.6 Å². The number of amides is 1. The molecule has 33 heavy (non-hydrogen) atoms. The van der Waals surface area contributed by atoms with E-state index in [9.17, 15) is 9.18 Å². The third kappa shape index (κ3) is 3.89. The van der Waals surface area contributed by atoms with Crippen molar-refractivity contribution in [1.29, 1.82) is 0 Å². The maximum Gasteiger partial charge on any atom is 0.259 e. The number of aromatic nitrogens is 4. The lowest BCUT2D eigenvalue weighted by atomic mass is 10.1. The molecule has 1 aliphatic heterocycles. The molecule has 2 atom stereocenters. The van der Waals surface area contributed by atoms with Crippen LogP contribution in [0.15, 0.2) is 36.9 Å². The molecule has 0 radical (unpaired) electrons. The van der Waals surface area contributed by atoms with Gasteiger partial charge in [-0.1, -0.05) is 0 Å². The SMILES string of the molecule is Cc1cn2cc(NC(=O)c3cnc(N4C[C@@H](C)N[C@@H](C)C4)c4c(C)ccnc34)cc(F)c2n1. The molecular weight excluding hydrogens is 421 g/mol. The van der Waals surface area contributed by atoms with E-state index in [1.807, 2.05) is 13.0 Å². The van der Waals surface area contributed by atoms with Gasteiger partial charge in [-0.05, 0) is 39.3 Å². The van der Waals surface area contributed by atoms with E-state index in [1.165, 1.54) is 6.07 Å². The fourth-order valence-electron chi connectivity index (χ4n) is 4.65. The molecule has 4 aromatic rings. The Hall–Kier alpha value is -3.59. The predicted octanol–water partition coefficient (Wildman–Crippen LogP) is 3.47. The Bertz CT molecular complexity index is 1370. The number of carbonyl (C=O) groups excluding carboxylic acids is 1. The smallest absolute Gasteiger partial charge is 0.259 e. The summed E-state index contributed by atoms with van der Waals surface area (Å²) in [6, 6.07) is 3.84. The van der Waals surface area contributed by atoms with Crippen molar-refractivity contribution in [2.45, 2.75) is 39.8 Å². The van der Waals surface area contributed by atoms with Gasteiger partial charge < -0.3 is 19.9 Å². The van der Waals surface area contributed by atoms with E-state index in [-0.39, 0.29) is 5.65 Å². The molecule has 0 saturated carbocycles. The first-order chi connectivity index (χ1) is 15.8. The van der Waals surface area contributed by atoms with Gasteiger partial charge in [0, 0.05) is 61.4 Å². The van der Waals surface area contributed by atoms with Gasteiger partial charge in [0.1, 0.15) is 5.82 Å². The molecule has 1 amide bonds. The molecular formula is C24H26FN7O. The Morgan fingerprint density at radius 3 is 2.70 bits per heavy atom. The molecule has 5 heterocycles. The van der Waals surface area contributed by atoms with Crippen molar-refractivity contribution in [1.82, 2.24) is 24.7 Å². The van der Waals surface area contributed by atoms with Gasteiger partial charge in [-0.2, -0.15) is 0 Å². The molecule has 1 saturated heterocycles. The number of piperazine rings is 1. The van der Waals surface area contributed by atoms with E-state index in [4.69, 9.17) is 4.98 Å². The number of hydrogen-bond acceptors (Lipinski definition) is 6. The standard InChI is InChI=1S/C24H26FN7O/c1-13-5-6-26-21-18(8-27-23(20(13)21)31-9-14(2)28-15(3)10-31)24(33)30-17-7-19(25)22-29-16(4)11-32(22)12-17/h5-8,11-12,14-15,28H,9-10H2,1-4H3,(H,30,33)/t14-,15+. The van der Waals surface area contributed by atoms with Crippen LogP contribution in [-0.4, -0.2) is 50.4 Å². The van der Waals surface area contributed by atoms with Crippen LogP contribution in [0.4, 0.5) is 15.9 Å². The molecule has 0 unspecified atom stereocenters. The van der Waals surface area contributed by atoms with Gasteiger partial charge >= 0.3 is 0 Å². The second-order valence-electron chi connectivity index (χ2n) is 8.86. The number of fused-ring (bicyclic) bond motifs is 2. The number of aryl methyl sites for hydroxylation is 2. The quantitative estimate of drug-likeness (QED) is 0.500. The first kappa shape index (κ1) is 21.3. The number of halogens is 1. The summed E-state index contributed by atoms with van der Waals surface area (Å²) in [5.74, 6) is -0.0707. The largest absolute Gasteiger partial charge is 0.353 e. The van der Waals surface area contributed by atoms with E-state index in [2.05, 4.69) is 39.3 Å². The van der Waals surface area contributed by atoms with Gasteiger partial charge in [-0.3, -0.25) is 9.78 Å². The average molecular weight is 448 g/mol. The zero-order valence-electron chi connectivity index (χ0n) is 19.1. The molecule has 1 aliphatic rings. The van der Waals surface area contributed by atoms with Crippen molar-refractivity contribution >= 4 is 34.0 Å². The highest BCUT2D eigenvalue weighted by atomic mass is 19.1. The maximum atomic E-state index is 14.5. The summed E-state index contributed by atoms with van der Waals surface area (Å²) in [6.07, 6.45) is 6.61. The topological polar surface area (TPSA) is 87.5 Å². The van der Waals surface area contributed by atoms with Crippen LogP contribution in [0.3, 0.4) is 0 Å². The first-order valence-corrected chi connectivity index (χ1v) is 11.0. The summed E-state index contributed by atoms with van der Waals surface area (Å²) >= 11 is 0. The zero-order valence-corrected chi connectivity index (χ0v) is 19.1. The third-order valence-electron chi connectivity index (χ3n) is 5.94. The average Bonchev–Trinajstić information content (AvgIpc) is 3.13. The van der Waals surface area contributed by atoms with E-state index in [0.29, 0.717) is 34.5 Å². The van der Waals surface area contributed by atoms with Gasteiger partial charge in [-0.25, -0.2) is 14.4 Å². The van der Waals surface area contributed by atoms with Crippen molar-refractivity contribution in [2.75, 3.05) is 23.3 Å². The highest BCUT2D eigenvalue weighted by Crippen LogP contribution is 2.30. The first-order valence-electron chi connectivity index (χ1n) is 11.0. The maximum absolute atomic E-state index is 14.5. The molecule has 9 heteroatoms. The number of carbonyl (C=O) groups is 1. The van der Waals surface area contributed by atoms with Crippen molar-refractivity contribution in [3.05, 3.63) is 59.6 Å². The highest BCUT2D eigenvalue weighted by Gasteiger charge is 2.26. The number of rotatable bonds is 3. The lowest BCUT2D eigenvalue weighted by Crippen LogP contribution is -2.54. The van der Waals surface area contributed by atoms with Crippen molar-refractivity contribution in [2.24, 2.45) is 0 Å². The highest BCUT2D eigenvalue weighted by molar-refractivity contribution is 6.13. The number of hydrogen-bond donors (Lipinski definition) is 2. The van der Waals surface area contributed by atoms with Crippen LogP contribution in [0, 0.1) is 19.7 Å². The Balaban J connectivity index is 1.54. The summed E-state index contributed by atoms with van der Waals surface area (Å²) in [6.45, 7) is 9.71. The minimum absolute atomic E-state index is 0.221. The van der Waals surface area contributed by atoms with Crippen LogP contribution in [0.1, 0.15) is 35.5 Å². The molecule has 0 aromatic carbocycles. The molecule has 2 N–H and O–H groups in total. The molecule has 0 bridgehead atoms. The lowest BCUT2D eigenvalue weighted by molar-refractivity contribution is 0.102. The fourth-order valence-corrected chi connectivity index (χ4v) is 4.65. The minimum Gasteiger partial charge on any atom is -0.353 e. The van der Waals surface area contributed by atoms with Gasteiger partial charge in [0.25, 0.3) is 5.91 Å². The van der Waals surface area contributed by atoms with Crippen LogP contribution in [-0.2, 0) is 0 Å². The van der Waals surface area contributed by atoms with E-state index < -0.39 is 11.7 Å². The molecule has 8 nitrogen and oxygen atoms in total. The van der Waals surface area contributed by atoms with E-state index in [1.54, 1.807) is 36.1 Å². The van der Waals surface area contributed by atoms with Crippen molar-refractivity contribution < 1.29 is 9.18 Å². The fraction of sp³-hybridized carbons (Fsp3) is 0.333. The van der Waals surface area contributed by atoms with Gasteiger partial charge in [0.2, 0.25) is 0 Å². The number of anilines is 2. The van der Waals surface area contributed by atoms with Crippen LogP contribution in [0.5, 0.6) is 0 Å². The van der Waals surface area contributed by atoms with E-state index >= 15 is 0 Å². The lowest BCUT2D eigenvalue weighted by Gasteiger charge is -2.37. The molecule has 0 spiro atoms. The summed E-state index contributed by atoms with van der Waals surface area (Å²) in [5, 5.41) is 7.18. The zero-order chi connectivity index (χ0) is 23.3. The van der Waals surface area contributed by atoms with Crippen LogP contribution < -0.4 is 15.5 Å². The Kier molecular flexibility index (Phi) is 5.20. The molecule has 0 aliphatic carbocycles. The Morgan fingerprint density at radius 1 is 1.18 bits per heavy atom. The number of pyridine rings is 3. The predicted molar refractivity (Wildman–Crippen MR) is 126 cm³/mol. The van der Waals surface area contributed by atoms with Gasteiger partial charge in [0.05, 0.1) is 22.5 Å². The molecule has 1 fully saturated rings. The summed E-state index contributed by atoms with van der Waals surface area (Å²) in [5.41, 5.74) is 3.17. The second-order valence-corrected chi connectivity index (χ2v) is 8.86. The Labute approximate surface area is 190 Å². The molecule has 5 rings (SSSR count). The Morgan fingerprint density at radius 2 is 1.94 bits per heavy atom. The third-order valence-corrected chi connectivity index (χ3v) is 5.94.